The predicted molar refractivity (Wildman–Crippen MR) is 102 cm³/mol. The normalized spacial score (nSPS) is 22.3. The molecule has 1 amide bonds. The van der Waals surface area contributed by atoms with Crippen LogP contribution in [0.2, 0.25) is 0 Å². The van der Waals surface area contributed by atoms with Crippen LogP contribution in [-0.2, 0) is 4.79 Å². The second-order valence-corrected chi connectivity index (χ2v) is 7.61. The van der Waals surface area contributed by atoms with Crippen molar-refractivity contribution in [3.63, 3.8) is 0 Å². The zero-order chi connectivity index (χ0) is 18.4. The molecule has 0 radical (unpaired) electrons. The van der Waals surface area contributed by atoms with Gasteiger partial charge in [0.25, 0.3) is 0 Å². The van der Waals surface area contributed by atoms with E-state index in [1.807, 2.05) is 0 Å². The number of rotatable bonds is 4. The van der Waals surface area contributed by atoms with E-state index < -0.39 is 0 Å². The van der Waals surface area contributed by atoms with Crippen molar-refractivity contribution >= 4 is 22.9 Å². The van der Waals surface area contributed by atoms with E-state index in [2.05, 4.69) is 61.3 Å². The quantitative estimate of drug-likeness (QED) is 0.743. The van der Waals surface area contributed by atoms with Crippen molar-refractivity contribution in [2.45, 2.75) is 31.7 Å². The molecule has 0 bridgehead atoms. The lowest BCUT2D eigenvalue weighted by molar-refractivity contribution is -0.122. The molecule has 2 atom stereocenters. The monoisotopic (exact) mass is 362 g/mol. The van der Waals surface area contributed by atoms with E-state index in [9.17, 15) is 4.79 Å². The van der Waals surface area contributed by atoms with Crippen molar-refractivity contribution in [2.24, 2.45) is 5.92 Å². The van der Waals surface area contributed by atoms with Crippen LogP contribution in [0.25, 0.3) is 11.2 Å². The van der Waals surface area contributed by atoms with Gasteiger partial charge in [-0.25, -0.2) is 15.0 Å². The lowest BCUT2D eigenvalue weighted by atomic mass is 9.93. The van der Waals surface area contributed by atoms with Gasteiger partial charge in [0, 0.05) is 24.9 Å². The van der Waals surface area contributed by atoms with E-state index in [-0.39, 0.29) is 23.8 Å². The van der Waals surface area contributed by atoms with Crippen molar-refractivity contribution < 1.29 is 4.79 Å². The summed E-state index contributed by atoms with van der Waals surface area (Å²) in [5, 5.41) is 3.30. The molecular weight excluding hydrogens is 340 g/mol. The molecule has 1 saturated heterocycles. The highest BCUT2D eigenvalue weighted by Gasteiger charge is 2.39. The van der Waals surface area contributed by atoms with Crippen molar-refractivity contribution in [1.82, 2.24) is 25.3 Å². The number of nitrogens with one attached hydrogen (secondary N) is 2. The number of carbonyl (C=O) groups excluding carboxylic acids is 1. The van der Waals surface area contributed by atoms with Crippen molar-refractivity contribution in [3.05, 3.63) is 48.0 Å². The molecule has 3 aromatic rings. The standard InChI is InChI=1S/C20H22N6O/c1-12-2-4-13(5-3-12)15-8-26(9-16(15)25-20(27)14-6-7-14)19-17-18(22-10-21-17)23-11-24-19/h2-5,10-11,14-16H,6-9H2,1H3,(H,25,27)(H,21,22,23,24)/t15-,16+/m0/s1. The summed E-state index contributed by atoms with van der Waals surface area (Å²) in [5.41, 5.74) is 3.99. The zero-order valence-corrected chi connectivity index (χ0v) is 15.2. The molecule has 1 aliphatic carbocycles. The summed E-state index contributed by atoms with van der Waals surface area (Å²) < 4.78 is 0. The maximum absolute atomic E-state index is 12.4. The summed E-state index contributed by atoms with van der Waals surface area (Å²) in [5.74, 6) is 1.46. The second-order valence-electron chi connectivity index (χ2n) is 7.61. The number of carbonyl (C=O) groups is 1. The second kappa shape index (κ2) is 6.33. The summed E-state index contributed by atoms with van der Waals surface area (Å²) in [4.78, 5) is 30.7. The fourth-order valence-electron chi connectivity index (χ4n) is 3.91. The first kappa shape index (κ1) is 16.2. The third-order valence-electron chi connectivity index (χ3n) is 5.60. The number of hydrogen-bond donors (Lipinski definition) is 2. The topological polar surface area (TPSA) is 86.8 Å². The summed E-state index contributed by atoms with van der Waals surface area (Å²) in [6.07, 6.45) is 5.22. The number of nitrogens with zero attached hydrogens (tertiary/aromatic N) is 4. The third kappa shape index (κ3) is 3.03. The zero-order valence-electron chi connectivity index (χ0n) is 15.2. The van der Waals surface area contributed by atoms with Gasteiger partial charge in [-0.1, -0.05) is 29.8 Å². The van der Waals surface area contributed by atoms with Gasteiger partial charge in [-0.05, 0) is 25.3 Å². The Hall–Kier alpha value is -2.96. The molecule has 2 aromatic heterocycles. The minimum Gasteiger partial charge on any atom is -0.352 e. The molecule has 7 heteroatoms. The van der Waals surface area contributed by atoms with Gasteiger partial charge >= 0.3 is 0 Å². The van der Waals surface area contributed by atoms with Gasteiger partial charge in [-0.2, -0.15) is 0 Å². The number of hydrogen-bond acceptors (Lipinski definition) is 5. The number of amides is 1. The minimum atomic E-state index is 0.0637. The molecule has 0 spiro atoms. The van der Waals surface area contributed by atoms with E-state index in [1.165, 1.54) is 11.1 Å². The largest absolute Gasteiger partial charge is 0.352 e. The van der Waals surface area contributed by atoms with E-state index in [1.54, 1.807) is 12.7 Å². The van der Waals surface area contributed by atoms with Gasteiger partial charge in [0.1, 0.15) is 11.8 Å². The molecule has 1 aromatic carbocycles. The summed E-state index contributed by atoms with van der Waals surface area (Å²) >= 11 is 0. The van der Waals surface area contributed by atoms with Gasteiger partial charge in [0.2, 0.25) is 5.91 Å². The van der Waals surface area contributed by atoms with Gasteiger partial charge < -0.3 is 15.2 Å². The minimum absolute atomic E-state index is 0.0637. The van der Waals surface area contributed by atoms with Crippen LogP contribution in [0.15, 0.2) is 36.9 Å². The van der Waals surface area contributed by atoms with E-state index in [0.29, 0.717) is 5.65 Å². The maximum atomic E-state index is 12.4. The lowest BCUT2D eigenvalue weighted by Gasteiger charge is -2.20. The molecule has 2 N–H and O–H groups in total. The van der Waals surface area contributed by atoms with Crippen molar-refractivity contribution in [1.29, 1.82) is 0 Å². The summed E-state index contributed by atoms with van der Waals surface area (Å²) in [6, 6.07) is 8.68. The molecule has 3 heterocycles. The Morgan fingerprint density at radius 1 is 1.15 bits per heavy atom. The summed E-state index contributed by atoms with van der Waals surface area (Å²) in [7, 11) is 0. The summed E-state index contributed by atoms with van der Waals surface area (Å²) in [6.45, 7) is 3.61. The average molecular weight is 362 g/mol. The Kier molecular flexibility index (Phi) is 3.81. The SMILES string of the molecule is Cc1ccc([C@@H]2CN(c3ncnc4nc[nH]c34)C[C@H]2NC(=O)C2CC2)cc1. The van der Waals surface area contributed by atoms with Crippen LogP contribution in [0.4, 0.5) is 5.82 Å². The van der Waals surface area contributed by atoms with E-state index in [4.69, 9.17) is 0 Å². The van der Waals surface area contributed by atoms with Crippen LogP contribution < -0.4 is 10.2 Å². The fraction of sp³-hybridized carbons (Fsp3) is 0.400. The molecule has 7 nitrogen and oxygen atoms in total. The number of fused-ring (bicyclic) bond motifs is 1. The van der Waals surface area contributed by atoms with Crippen LogP contribution in [0.5, 0.6) is 0 Å². The molecule has 1 aliphatic heterocycles. The van der Waals surface area contributed by atoms with Crippen molar-refractivity contribution in [3.8, 4) is 0 Å². The van der Waals surface area contributed by atoms with Gasteiger partial charge in [0.05, 0.1) is 12.4 Å². The number of H-pyrrole nitrogens is 1. The Morgan fingerprint density at radius 2 is 1.96 bits per heavy atom. The Bertz CT molecular complexity index is 978. The number of aromatic amines is 1. The number of aryl methyl sites for hydroxylation is 1. The number of benzene rings is 1. The van der Waals surface area contributed by atoms with Crippen molar-refractivity contribution in [2.75, 3.05) is 18.0 Å². The van der Waals surface area contributed by atoms with Crippen LogP contribution in [0.1, 0.15) is 29.9 Å². The number of anilines is 1. The lowest BCUT2D eigenvalue weighted by Crippen LogP contribution is -2.40. The molecule has 27 heavy (non-hydrogen) atoms. The first-order valence-electron chi connectivity index (χ1n) is 9.45. The Morgan fingerprint density at radius 3 is 2.74 bits per heavy atom. The maximum Gasteiger partial charge on any atom is 0.223 e. The van der Waals surface area contributed by atoms with E-state index in [0.717, 1.165) is 37.3 Å². The van der Waals surface area contributed by atoms with Gasteiger partial charge in [-0.15, -0.1) is 0 Å². The first-order valence-corrected chi connectivity index (χ1v) is 9.45. The predicted octanol–water partition coefficient (Wildman–Crippen LogP) is 2.16. The fourth-order valence-corrected chi connectivity index (χ4v) is 3.91. The number of aromatic nitrogens is 4. The molecule has 2 aliphatic rings. The average Bonchev–Trinajstić information content (AvgIpc) is 3.28. The molecule has 138 valence electrons. The van der Waals surface area contributed by atoms with Crippen LogP contribution in [-0.4, -0.2) is 45.0 Å². The Balaban J connectivity index is 1.47. The highest BCUT2D eigenvalue weighted by molar-refractivity contribution is 5.84. The highest BCUT2D eigenvalue weighted by atomic mass is 16.2. The number of imidazole rings is 1. The highest BCUT2D eigenvalue weighted by Crippen LogP contribution is 2.34. The Labute approximate surface area is 157 Å². The smallest absolute Gasteiger partial charge is 0.223 e. The molecule has 0 unspecified atom stereocenters. The van der Waals surface area contributed by atoms with Crippen LogP contribution >= 0.6 is 0 Å². The first-order chi connectivity index (χ1) is 13.2. The molecular formula is C20H22N6O. The molecule has 5 rings (SSSR count). The molecule has 1 saturated carbocycles. The van der Waals surface area contributed by atoms with Gasteiger partial charge in [0.15, 0.2) is 11.5 Å². The van der Waals surface area contributed by atoms with Crippen LogP contribution in [0, 0.1) is 12.8 Å². The third-order valence-corrected chi connectivity index (χ3v) is 5.60. The van der Waals surface area contributed by atoms with Crippen LogP contribution in [0.3, 0.4) is 0 Å². The molecule has 2 fully saturated rings. The van der Waals surface area contributed by atoms with E-state index >= 15 is 0 Å². The van der Waals surface area contributed by atoms with Gasteiger partial charge in [-0.3, -0.25) is 4.79 Å².